The van der Waals surface area contributed by atoms with E-state index in [1.807, 2.05) is 78.9 Å². The summed E-state index contributed by atoms with van der Waals surface area (Å²) in [5.74, 6) is 0. The van der Waals surface area contributed by atoms with Gasteiger partial charge in [-0.3, -0.25) is 4.79 Å². The van der Waals surface area contributed by atoms with Crippen LogP contribution in [0.15, 0.2) is 115 Å². The predicted octanol–water partition coefficient (Wildman–Crippen LogP) is 7.21. The normalized spacial score (nSPS) is 10.5. The fourth-order valence-corrected chi connectivity index (χ4v) is 4.45. The summed E-state index contributed by atoms with van der Waals surface area (Å²) in [4.78, 5) is 15.0. The number of thiocarbonyl (C=S) groups is 1. The molecule has 0 fully saturated rings. The van der Waals surface area contributed by atoms with Crippen LogP contribution in [0.5, 0.6) is 0 Å². The van der Waals surface area contributed by atoms with Gasteiger partial charge < -0.3 is 4.90 Å². The van der Waals surface area contributed by atoms with Crippen LogP contribution >= 0.6 is 24.0 Å². The van der Waals surface area contributed by atoms with Crippen LogP contribution in [0.2, 0.25) is 0 Å². The van der Waals surface area contributed by atoms with E-state index in [0.717, 1.165) is 34.0 Å². The number of thioether (sulfide) groups is 1. The molecular weight excluding hydrogens is 430 g/mol. The highest BCUT2D eigenvalue weighted by molar-refractivity contribution is 8.33. The predicted molar refractivity (Wildman–Crippen MR) is 139 cm³/mol. The second-order valence-corrected chi connectivity index (χ2v) is 9.03. The fourth-order valence-electron chi connectivity index (χ4n) is 3.42. The van der Waals surface area contributed by atoms with E-state index < -0.39 is 0 Å². The van der Waals surface area contributed by atoms with Crippen LogP contribution in [-0.4, -0.2) is 14.3 Å². The van der Waals surface area contributed by atoms with Gasteiger partial charge in [-0.2, -0.15) is 0 Å². The first kappa shape index (κ1) is 22.0. The molecule has 0 bridgehead atoms. The standard InChI is InChI=1S/C28H23NOS2/c30-27(26-18-16-25(17-19-26)24-14-8-3-9-15-24)32-28(31)29(20-22-10-4-1-5-11-22)21-23-12-6-2-7-13-23/h1-19H,20-21H2. The topological polar surface area (TPSA) is 20.3 Å². The molecule has 4 aromatic carbocycles. The lowest BCUT2D eigenvalue weighted by Gasteiger charge is -2.25. The molecule has 0 saturated heterocycles. The minimum Gasteiger partial charge on any atom is -0.348 e. The van der Waals surface area contributed by atoms with E-state index in [4.69, 9.17) is 12.2 Å². The molecule has 4 aromatic rings. The van der Waals surface area contributed by atoms with E-state index in [1.165, 1.54) is 0 Å². The molecule has 0 aromatic heterocycles. The highest BCUT2D eigenvalue weighted by Crippen LogP contribution is 2.24. The summed E-state index contributed by atoms with van der Waals surface area (Å²) in [6.07, 6.45) is 0. The van der Waals surface area contributed by atoms with Crippen LogP contribution < -0.4 is 0 Å². The quantitative estimate of drug-likeness (QED) is 0.287. The molecule has 0 aliphatic rings. The first-order valence-electron chi connectivity index (χ1n) is 10.4. The molecule has 158 valence electrons. The van der Waals surface area contributed by atoms with Crippen molar-refractivity contribution in [2.45, 2.75) is 13.1 Å². The fraction of sp³-hybridized carbons (Fsp3) is 0.0714. The maximum atomic E-state index is 13.0. The van der Waals surface area contributed by atoms with Crippen molar-refractivity contribution in [2.24, 2.45) is 0 Å². The monoisotopic (exact) mass is 453 g/mol. The van der Waals surface area contributed by atoms with Crippen LogP contribution in [0.25, 0.3) is 11.1 Å². The third kappa shape index (κ3) is 5.94. The minimum absolute atomic E-state index is 0.0410. The molecule has 0 spiro atoms. The number of nitrogens with zero attached hydrogens (tertiary/aromatic N) is 1. The number of hydrogen-bond donors (Lipinski definition) is 0. The van der Waals surface area contributed by atoms with Crippen molar-refractivity contribution in [1.82, 2.24) is 4.90 Å². The third-order valence-electron chi connectivity index (χ3n) is 5.10. The van der Waals surface area contributed by atoms with Crippen molar-refractivity contribution >= 4 is 33.4 Å². The van der Waals surface area contributed by atoms with Gasteiger partial charge in [0.2, 0.25) is 5.12 Å². The summed E-state index contributed by atoms with van der Waals surface area (Å²) in [7, 11) is 0. The highest BCUT2D eigenvalue weighted by Gasteiger charge is 2.17. The molecule has 32 heavy (non-hydrogen) atoms. The smallest absolute Gasteiger partial charge is 0.226 e. The van der Waals surface area contributed by atoms with Gasteiger partial charge >= 0.3 is 0 Å². The van der Waals surface area contributed by atoms with Gasteiger partial charge in [-0.15, -0.1) is 0 Å². The van der Waals surface area contributed by atoms with Gasteiger partial charge in [-0.25, -0.2) is 0 Å². The van der Waals surface area contributed by atoms with Gasteiger partial charge in [-0.05, 0) is 46.1 Å². The number of carbonyl (C=O) groups excluding carboxylic acids is 1. The van der Waals surface area contributed by atoms with Crippen molar-refractivity contribution in [3.63, 3.8) is 0 Å². The molecule has 0 aliphatic carbocycles. The maximum absolute atomic E-state index is 13.0. The van der Waals surface area contributed by atoms with E-state index in [2.05, 4.69) is 41.3 Å². The molecule has 0 amide bonds. The van der Waals surface area contributed by atoms with E-state index >= 15 is 0 Å². The second-order valence-electron chi connectivity index (χ2n) is 7.43. The second kappa shape index (κ2) is 10.9. The zero-order valence-electron chi connectivity index (χ0n) is 17.6. The van der Waals surface area contributed by atoms with Crippen molar-refractivity contribution in [3.05, 3.63) is 132 Å². The Morgan fingerprint density at radius 1 is 0.625 bits per heavy atom. The summed E-state index contributed by atoms with van der Waals surface area (Å²) in [6, 6.07) is 38.3. The van der Waals surface area contributed by atoms with Crippen molar-refractivity contribution in [2.75, 3.05) is 0 Å². The Hall–Kier alpha value is -3.21. The van der Waals surface area contributed by atoms with Crippen molar-refractivity contribution in [3.8, 4) is 11.1 Å². The first-order chi connectivity index (χ1) is 15.7. The van der Waals surface area contributed by atoms with Gasteiger partial charge in [0.1, 0.15) is 4.32 Å². The largest absolute Gasteiger partial charge is 0.348 e. The molecule has 0 saturated carbocycles. The average Bonchev–Trinajstić information content (AvgIpc) is 2.85. The lowest BCUT2D eigenvalue weighted by atomic mass is 10.0. The van der Waals surface area contributed by atoms with Gasteiger partial charge in [0.25, 0.3) is 0 Å². The van der Waals surface area contributed by atoms with Gasteiger partial charge in [0.15, 0.2) is 0 Å². The Kier molecular flexibility index (Phi) is 7.49. The molecule has 4 heteroatoms. The zero-order valence-corrected chi connectivity index (χ0v) is 19.2. The number of benzene rings is 4. The van der Waals surface area contributed by atoms with Crippen molar-refractivity contribution in [1.29, 1.82) is 0 Å². The number of carbonyl (C=O) groups is 1. The molecule has 0 unspecified atom stereocenters. The molecule has 0 heterocycles. The molecule has 0 radical (unpaired) electrons. The third-order valence-corrected chi connectivity index (χ3v) is 6.46. The first-order valence-corrected chi connectivity index (χ1v) is 11.7. The summed E-state index contributed by atoms with van der Waals surface area (Å²) >= 11 is 6.84. The van der Waals surface area contributed by atoms with Crippen LogP contribution in [0.4, 0.5) is 0 Å². The maximum Gasteiger partial charge on any atom is 0.226 e. The Morgan fingerprint density at radius 2 is 1.06 bits per heavy atom. The van der Waals surface area contributed by atoms with Crippen LogP contribution in [0, 0.1) is 0 Å². The molecule has 2 nitrogen and oxygen atoms in total. The zero-order chi connectivity index (χ0) is 22.2. The lowest BCUT2D eigenvalue weighted by Crippen LogP contribution is -2.27. The van der Waals surface area contributed by atoms with Crippen LogP contribution in [-0.2, 0) is 13.1 Å². The summed E-state index contributed by atoms with van der Waals surface area (Å²) in [5, 5.41) is -0.0410. The average molecular weight is 454 g/mol. The molecule has 0 aliphatic heterocycles. The molecule has 0 N–H and O–H groups in total. The molecule has 4 rings (SSSR count). The van der Waals surface area contributed by atoms with Crippen LogP contribution in [0.1, 0.15) is 21.5 Å². The van der Waals surface area contributed by atoms with E-state index in [0.29, 0.717) is 23.0 Å². The van der Waals surface area contributed by atoms with E-state index in [-0.39, 0.29) is 5.12 Å². The van der Waals surface area contributed by atoms with E-state index in [1.54, 1.807) is 0 Å². The highest BCUT2D eigenvalue weighted by atomic mass is 32.2. The van der Waals surface area contributed by atoms with Crippen LogP contribution in [0.3, 0.4) is 0 Å². The lowest BCUT2D eigenvalue weighted by molar-refractivity contribution is 0.109. The Bertz CT molecular complexity index is 1120. The van der Waals surface area contributed by atoms with Gasteiger partial charge in [0.05, 0.1) is 0 Å². The minimum atomic E-state index is -0.0410. The molecule has 0 atom stereocenters. The summed E-state index contributed by atoms with van der Waals surface area (Å²) in [6.45, 7) is 1.31. The molecular formula is C28H23NOS2. The number of rotatable bonds is 6. The van der Waals surface area contributed by atoms with Gasteiger partial charge in [-0.1, -0.05) is 115 Å². The van der Waals surface area contributed by atoms with E-state index in [9.17, 15) is 4.79 Å². The Balaban J connectivity index is 1.47. The Labute approximate surface area is 198 Å². The summed E-state index contributed by atoms with van der Waals surface area (Å²) in [5.41, 5.74) is 5.18. The Morgan fingerprint density at radius 3 is 1.56 bits per heavy atom. The summed E-state index contributed by atoms with van der Waals surface area (Å²) < 4.78 is 0.579. The van der Waals surface area contributed by atoms with Gasteiger partial charge in [0, 0.05) is 18.7 Å². The number of hydrogen-bond acceptors (Lipinski definition) is 3. The van der Waals surface area contributed by atoms with Crippen molar-refractivity contribution < 1.29 is 4.79 Å². The SMILES string of the molecule is O=C(SC(=S)N(Cc1ccccc1)Cc1ccccc1)c1ccc(-c2ccccc2)cc1.